The quantitative estimate of drug-likeness (QED) is 0.149. The molecule has 0 aliphatic rings. The van der Waals surface area contributed by atoms with Crippen molar-refractivity contribution in [1.29, 1.82) is 0 Å². The summed E-state index contributed by atoms with van der Waals surface area (Å²) >= 11 is 0. The molecule has 9 heteroatoms. The Morgan fingerprint density at radius 1 is 0.421 bits per heavy atom. The van der Waals surface area contributed by atoms with E-state index in [-0.39, 0.29) is 45.9 Å². The Bertz CT molecular complexity index is 1530. The topological polar surface area (TPSA) is 97.0 Å². The Morgan fingerprint density at radius 3 is 0.860 bits per heavy atom. The molecule has 0 radical (unpaired) electrons. The summed E-state index contributed by atoms with van der Waals surface area (Å²) in [5, 5.41) is 16.1. The van der Waals surface area contributed by atoms with Crippen molar-refractivity contribution in [3.63, 3.8) is 0 Å². The van der Waals surface area contributed by atoms with Gasteiger partial charge in [0, 0.05) is 0 Å². The molecule has 0 heterocycles. The van der Waals surface area contributed by atoms with Crippen molar-refractivity contribution in [2.45, 2.75) is 105 Å². The van der Waals surface area contributed by atoms with E-state index in [2.05, 4.69) is 113 Å². The zero-order valence-electron chi connectivity index (χ0n) is 37.7. The van der Waals surface area contributed by atoms with Crippen LogP contribution in [0.3, 0.4) is 0 Å². The van der Waals surface area contributed by atoms with E-state index in [9.17, 15) is 9.59 Å². The number of carbonyl (C=O) groups excluding carboxylic acids is 2. The Morgan fingerprint density at radius 2 is 0.649 bits per heavy atom. The van der Waals surface area contributed by atoms with E-state index in [0.29, 0.717) is 23.7 Å². The number of urea groups is 2. The molecule has 0 aliphatic carbocycles. The molecule has 308 valence electrons. The summed E-state index contributed by atoms with van der Waals surface area (Å²) in [6.45, 7) is 21.2. The van der Waals surface area contributed by atoms with Gasteiger partial charge in [-0.3, -0.25) is 9.59 Å². The molecule has 4 aromatic carbocycles. The van der Waals surface area contributed by atoms with E-state index >= 15 is 0 Å². The molecule has 0 spiro atoms. The predicted octanol–water partition coefficient (Wildman–Crippen LogP) is 14.7. The standard InChI is InChI=1S/2C22H30N2O.2C2H6N.Ti/c2*1-15(2)19-13-10-14-20(16(3)4)21(19)23-22(25)24(6)17(5)18-11-8-7-9-12-18;2*1-3-2;/h2*7-17H,1-6H3,(H,23,25);2*1-2H3;/q;;2*-1;+4/p-2/t2*17-;;;/m00.../s1. The van der Waals surface area contributed by atoms with Crippen LogP contribution in [0.15, 0.2) is 97.1 Å². The third-order valence-corrected chi connectivity index (χ3v) is 9.43. The minimum atomic E-state index is -0.202. The SMILES string of the molecule is CC(C)c1cccc(C(C)C)c1[N-]C(=O)N(C)[C@@H](C)c1ccccc1.CC(C)c1cccc(C(C)C)c1[N-]C(=O)N(C)[C@@H](C)c1ccccc1.C[N-]C.C[N-]C.[Ti+4]. The molecule has 0 bridgehead atoms. The van der Waals surface area contributed by atoms with Crippen molar-refractivity contribution >= 4 is 23.4 Å². The van der Waals surface area contributed by atoms with Gasteiger partial charge < -0.3 is 31.1 Å². The van der Waals surface area contributed by atoms with Crippen molar-refractivity contribution < 1.29 is 31.3 Å². The molecule has 0 saturated heterocycles. The van der Waals surface area contributed by atoms with Gasteiger partial charge in [0.05, 0.1) is 0 Å². The molecule has 0 N–H and O–H groups in total. The van der Waals surface area contributed by atoms with Gasteiger partial charge in [0.2, 0.25) is 0 Å². The van der Waals surface area contributed by atoms with Crippen LogP contribution in [-0.2, 0) is 21.7 Å². The molecule has 57 heavy (non-hydrogen) atoms. The largest absolute Gasteiger partial charge is 4.00 e. The van der Waals surface area contributed by atoms with Gasteiger partial charge in [-0.1, -0.05) is 180 Å². The zero-order chi connectivity index (χ0) is 42.5. The molecular formula is C48H70N6O2Ti. The van der Waals surface area contributed by atoms with Crippen molar-refractivity contribution in [1.82, 2.24) is 9.80 Å². The van der Waals surface area contributed by atoms with Crippen LogP contribution in [0.2, 0.25) is 0 Å². The second kappa shape index (κ2) is 27.6. The molecule has 4 amide bonds. The van der Waals surface area contributed by atoms with Gasteiger partial charge in [-0.05, 0) is 80.5 Å². The van der Waals surface area contributed by atoms with Gasteiger partial charge in [-0.25, -0.2) is 0 Å². The van der Waals surface area contributed by atoms with Crippen LogP contribution >= 0.6 is 0 Å². The zero-order valence-corrected chi connectivity index (χ0v) is 39.3. The average Bonchev–Trinajstić information content (AvgIpc) is 3.18. The summed E-state index contributed by atoms with van der Waals surface area (Å²) < 4.78 is 0. The first-order valence-corrected chi connectivity index (χ1v) is 19.8. The van der Waals surface area contributed by atoms with Gasteiger partial charge in [0.25, 0.3) is 0 Å². The van der Waals surface area contributed by atoms with E-state index in [4.69, 9.17) is 0 Å². The van der Waals surface area contributed by atoms with Crippen LogP contribution in [0.4, 0.5) is 21.0 Å². The van der Waals surface area contributed by atoms with Crippen LogP contribution in [0, 0.1) is 0 Å². The summed E-state index contributed by atoms with van der Waals surface area (Å²) in [7, 11) is 10.6. The monoisotopic (exact) mass is 811 g/mol. The summed E-state index contributed by atoms with van der Waals surface area (Å²) in [6, 6.07) is 32.0. The number of rotatable bonds is 10. The van der Waals surface area contributed by atoms with Gasteiger partial charge >= 0.3 is 21.7 Å². The van der Waals surface area contributed by atoms with Crippen LogP contribution in [-0.4, -0.2) is 64.1 Å². The molecule has 8 nitrogen and oxygen atoms in total. The number of nitrogens with zero attached hydrogens (tertiary/aromatic N) is 6. The first kappa shape index (κ1) is 53.1. The van der Waals surface area contributed by atoms with E-state index in [0.717, 1.165) is 44.8 Å². The number of hydrogen-bond acceptors (Lipinski definition) is 2. The molecule has 4 aromatic rings. The molecule has 2 atom stereocenters. The van der Waals surface area contributed by atoms with E-state index in [1.807, 2.05) is 88.6 Å². The van der Waals surface area contributed by atoms with Crippen LogP contribution in [0.5, 0.6) is 0 Å². The number of hydrogen-bond donors (Lipinski definition) is 0. The number of para-hydroxylation sites is 2. The Balaban J connectivity index is 0.000000951. The third kappa shape index (κ3) is 16.8. The molecule has 0 aromatic heterocycles. The van der Waals surface area contributed by atoms with Crippen molar-refractivity contribution in [3.8, 4) is 0 Å². The summed E-state index contributed by atoms with van der Waals surface area (Å²) in [6.07, 6.45) is 0. The summed E-state index contributed by atoms with van der Waals surface area (Å²) in [4.78, 5) is 29.1. The van der Waals surface area contributed by atoms with Gasteiger partial charge in [0.1, 0.15) is 0 Å². The molecule has 0 aliphatic heterocycles. The molecule has 0 saturated carbocycles. The van der Waals surface area contributed by atoms with E-state index in [1.54, 1.807) is 38.0 Å². The van der Waals surface area contributed by atoms with Crippen molar-refractivity contribution in [2.75, 3.05) is 42.3 Å². The predicted molar refractivity (Wildman–Crippen MR) is 242 cm³/mol. The average molecular weight is 811 g/mol. The Hall–Kier alpha value is -3.95. The molecule has 4 rings (SSSR count). The van der Waals surface area contributed by atoms with Crippen LogP contribution in [0.25, 0.3) is 21.3 Å². The van der Waals surface area contributed by atoms with Crippen molar-refractivity contribution in [3.05, 3.63) is 152 Å². The normalized spacial score (nSPS) is 11.4. The first-order valence-electron chi connectivity index (χ1n) is 19.8. The van der Waals surface area contributed by atoms with Gasteiger partial charge in [-0.2, -0.15) is 28.2 Å². The van der Waals surface area contributed by atoms with Gasteiger partial charge in [-0.15, -0.1) is 0 Å². The van der Waals surface area contributed by atoms with Crippen LogP contribution in [0.1, 0.15) is 138 Å². The summed E-state index contributed by atoms with van der Waals surface area (Å²) in [5.41, 5.74) is 8.39. The Kier molecular flexibility index (Phi) is 25.7. The molecular weight excluding hydrogens is 740 g/mol. The third-order valence-electron chi connectivity index (χ3n) is 9.43. The van der Waals surface area contributed by atoms with Gasteiger partial charge in [0.15, 0.2) is 12.1 Å². The fourth-order valence-corrected chi connectivity index (χ4v) is 5.87. The maximum absolute atomic E-state index is 12.8. The maximum atomic E-state index is 12.8. The summed E-state index contributed by atoms with van der Waals surface area (Å²) in [5.74, 6) is 1.29. The fourth-order valence-electron chi connectivity index (χ4n) is 5.87. The smallest absolute Gasteiger partial charge is 0.668 e. The second-order valence-corrected chi connectivity index (χ2v) is 15.3. The van der Waals surface area contributed by atoms with Crippen LogP contribution < -0.4 is 0 Å². The fraction of sp³-hybridized carbons (Fsp3) is 0.458. The minimum Gasteiger partial charge on any atom is -0.668 e. The molecule has 0 fully saturated rings. The first-order chi connectivity index (χ1) is 26.5. The number of amides is 4. The minimum absolute atomic E-state index is 0. The maximum Gasteiger partial charge on any atom is 4.00 e. The van der Waals surface area contributed by atoms with E-state index in [1.165, 1.54) is 0 Å². The van der Waals surface area contributed by atoms with Crippen molar-refractivity contribution in [2.24, 2.45) is 0 Å². The molecule has 0 unspecified atom stereocenters. The second-order valence-electron chi connectivity index (χ2n) is 15.3. The number of benzene rings is 4. The van der Waals surface area contributed by atoms with E-state index < -0.39 is 0 Å². The number of carbonyl (C=O) groups is 2. The Labute approximate surface area is 361 Å².